The van der Waals surface area contributed by atoms with Gasteiger partial charge in [0, 0.05) is 5.56 Å². The summed E-state index contributed by atoms with van der Waals surface area (Å²) in [7, 11) is 0. The molecule has 72 valence electrons. The zero-order valence-electron chi connectivity index (χ0n) is 7.34. The second-order valence-electron chi connectivity index (χ2n) is 2.87. The largest absolute Gasteiger partial charge is 0.366 e. The maximum Gasteiger partial charge on any atom is 0.290 e. The molecule has 2 aromatic rings. The molecule has 0 fully saturated rings. The van der Waals surface area contributed by atoms with Gasteiger partial charge in [0.15, 0.2) is 5.65 Å². The standard InChI is InChI=1S/C7H7N5O2/c1-4-2-6-9-7(8)10-11(6)3-5(4)12(13)14/h2-3H,1H3,(H2,8,10). The van der Waals surface area contributed by atoms with Gasteiger partial charge >= 0.3 is 0 Å². The fourth-order valence-electron chi connectivity index (χ4n) is 1.22. The predicted octanol–water partition coefficient (Wildman–Crippen LogP) is 0.528. The predicted molar refractivity (Wildman–Crippen MR) is 48.8 cm³/mol. The summed E-state index contributed by atoms with van der Waals surface area (Å²) in [5.74, 6) is 0.102. The van der Waals surface area contributed by atoms with E-state index in [2.05, 4.69) is 10.1 Å². The maximum absolute atomic E-state index is 10.6. The van der Waals surface area contributed by atoms with Crippen molar-refractivity contribution >= 4 is 17.3 Å². The minimum absolute atomic E-state index is 0.00222. The average molecular weight is 193 g/mol. The van der Waals surface area contributed by atoms with Crippen LogP contribution in [0.2, 0.25) is 0 Å². The first kappa shape index (κ1) is 8.42. The molecule has 2 N–H and O–H groups in total. The molecular formula is C7H7N5O2. The molecule has 7 nitrogen and oxygen atoms in total. The van der Waals surface area contributed by atoms with Crippen molar-refractivity contribution in [1.29, 1.82) is 0 Å². The van der Waals surface area contributed by atoms with Crippen LogP contribution in [0.3, 0.4) is 0 Å². The highest BCUT2D eigenvalue weighted by Crippen LogP contribution is 2.18. The fourth-order valence-corrected chi connectivity index (χ4v) is 1.22. The molecule has 0 aromatic carbocycles. The summed E-state index contributed by atoms with van der Waals surface area (Å²) < 4.78 is 1.29. The van der Waals surface area contributed by atoms with Gasteiger partial charge in [0.05, 0.1) is 4.92 Å². The Kier molecular flexibility index (Phi) is 1.60. The van der Waals surface area contributed by atoms with Crippen LogP contribution in [0, 0.1) is 17.0 Å². The van der Waals surface area contributed by atoms with Crippen LogP contribution in [0.5, 0.6) is 0 Å². The number of hydrogen-bond acceptors (Lipinski definition) is 5. The van der Waals surface area contributed by atoms with Crippen LogP contribution in [0.4, 0.5) is 11.6 Å². The smallest absolute Gasteiger partial charge is 0.290 e. The molecule has 2 aromatic heterocycles. The van der Waals surface area contributed by atoms with E-state index in [1.54, 1.807) is 13.0 Å². The molecule has 14 heavy (non-hydrogen) atoms. The molecule has 0 aliphatic heterocycles. The van der Waals surface area contributed by atoms with Crippen molar-refractivity contribution in [1.82, 2.24) is 14.6 Å². The van der Waals surface area contributed by atoms with Crippen LogP contribution in [-0.2, 0) is 0 Å². The van der Waals surface area contributed by atoms with E-state index in [4.69, 9.17) is 5.73 Å². The van der Waals surface area contributed by atoms with Gasteiger partial charge in [-0.25, -0.2) is 4.52 Å². The maximum atomic E-state index is 10.6. The van der Waals surface area contributed by atoms with E-state index >= 15 is 0 Å². The molecule has 7 heteroatoms. The van der Waals surface area contributed by atoms with E-state index < -0.39 is 4.92 Å². The van der Waals surface area contributed by atoms with Crippen LogP contribution in [0.15, 0.2) is 12.3 Å². The third-order valence-electron chi connectivity index (χ3n) is 1.86. The number of anilines is 1. The number of nitrogens with two attached hydrogens (primary N) is 1. The summed E-state index contributed by atoms with van der Waals surface area (Å²) in [6.45, 7) is 1.64. The lowest BCUT2D eigenvalue weighted by Gasteiger charge is -1.96. The highest BCUT2D eigenvalue weighted by atomic mass is 16.6. The number of nitrogen functional groups attached to an aromatic ring is 1. The molecular weight excluding hydrogens is 186 g/mol. The molecule has 0 unspecified atom stereocenters. The minimum atomic E-state index is -0.466. The SMILES string of the molecule is Cc1cc2nc(N)nn2cc1[N+](=O)[O-]. The lowest BCUT2D eigenvalue weighted by Crippen LogP contribution is -1.96. The first-order chi connectivity index (χ1) is 6.58. The summed E-state index contributed by atoms with van der Waals surface area (Å²) in [5, 5.41) is 14.4. The molecule has 0 saturated heterocycles. The van der Waals surface area contributed by atoms with E-state index in [-0.39, 0.29) is 11.6 Å². The van der Waals surface area contributed by atoms with Gasteiger partial charge in [-0.3, -0.25) is 10.1 Å². The number of pyridine rings is 1. The van der Waals surface area contributed by atoms with Crippen molar-refractivity contribution in [3.05, 3.63) is 27.9 Å². The lowest BCUT2D eigenvalue weighted by atomic mass is 10.2. The number of aryl methyl sites for hydroxylation is 1. The van der Waals surface area contributed by atoms with Crippen molar-refractivity contribution in [3.8, 4) is 0 Å². The fraction of sp³-hybridized carbons (Fsp3) is 0.143. The van der Waals surface area contributed by atoms with Crippen LogP contribution in [-0.4, -0.2) is 19.5 Å². The highest BCUT2D eigenvalue weighted by Gasteiger charge is 2.13. The summed E-state index contributed by atoms with van der Waals surface area (Å²) >= 11 is 0. The van der Waals surface area contributed by atoms with E-state index in [0.29, 0.717) is 11.2 Å². The van der Waals surface area contributed by atoms with E-state index in [1.165, 1.54) is 10.7 Å². The van der Waals surface area contributed by atoms with Crippen molar-refractivity contribution in [2.45, 2.75) is 6.92 Å². The van der Waals surface area contributed by atoms with Gasteiger partial charge in [0.2, 0.25) is 5.95 Å². The third-order valence-corrected chi connectivity index (χ3v) is 1.86. The van der Waals surface area contributed by atoms with Gasteiger partial charge in [-0.05, 0) is 13.0 Å². The van der Waals surface area contributed by atoms with E-state index in [9.17, 15) is 10.1 Å². The topological polar surface area (TPSA) is 99.3 Å². The number of hydrogen-bond donors (Lipinski definition) is 1. The summed E-state index contributed by atoms with van der Waals surface area (Å²) in [5.41, 5.74) is 6.40. The van der Waals surface area contributed by atoms with Crippen molar-refractivity contribution in [2.75, 3.05) is 5.73 Å². The third kappa shape index (κ3) is 1.15. The van der Waals surface area contributed by atoms with Crippen LogP contribution >= 0.6 is 0 Å². The van der Waals surface area contributed by atoms with Crippen molar-refractivity contribution in [3.63, 3.8) is 0 Å². The Labute approximate surface area is 78.3 Å². The Hall–Kier alpha value is -2.18. The molecule has 0 aliphatic rings. The first-order valence-corrected chi connectivity index (χ1v) is 3.85. The Bertz CT molecular complexity index is 518. The normalized spacial score (nSPS) is 10.6. The average Bonchev–Trinajstić information content (AvgIpc) is 2.42. The van der Waals surface area contributed by atoms with Crippen molar-refractivity contribution < 1.29 is 4.92 Å². The van der Waals surface area contributed by atoms with Gasteiger partial charge in [-0.15, -0.1) is 5.10 Å². The minimum Gasteiger partial charge on any atom is -0.366 e. The molecule has 0 bridgehead atoms. The Morgan fingerprint density at radius 3 is 3.00 bits per heavy atom. The molecule has 2 rings (SSSR count). The zero-order valence-corrected chi connectivity index (χ0v) is 7.34. The lowest BCUT2D eigenvalue weighted by molar-refractivity contribution is -0.385. The summed E-state index contributed by atoms with van der Waals surface area (Å²) in [6, 6.07) is 1.57. The van der Waals surface area contributed by atoms with Gasteiger partial charge in [0.25, 0.3) is 5.69 Å². The Morgan fingerprint density at radius 2 is 2.36 bits per heavy atom. The van der Waals surface area contributed by atoms with Crippen molar-refractivity contribution in [2.24, 2.45) is 0 Å². The number of rotatable bonds is 1. The van der Waals surface area contributed by atoms with Crippen LogP contribution < -0.4 is 5.73 Å². The second kappa shape index (κ2) is 2.66. The second-order valence-corrected chi connectivity index (χ2v) is 2.87. The number of nitro groups is 1. The first-order valence-electron chi connectivity index (χ1n) is 3.85. The van der Waals surface area contributed by atoms with E-state index in [0.717, 1.165) is 0 Å². The van der Waals surface area contributed by atoms with Gasteiger partial charge in [0.1, 0.15) is 6.20 Å². The molecule has 0 aliphatic carbocycles. The monoisotopic (exact) mass is 193 g/mol. The molecule has 0 radical (unpaired) electrons. The van der Waals surface area contributed by atoms with Crippen LogP contribution in [0.25, 0.3) is 5.65 Å². The Morgan fingerprint density at radius 1 is 1.64 bits per heavy atom. The molecule has 2 heterocycles. The van der Waals surface area contributed by atoms with Crippen LogP contribution in [0.1, 0.15) is 5.56 Å². The summed E-state index contributed by atoms with van der Waals surface area (Å²) in [4.78, 5) is 14.0. The molecule has 0 atom stereocenters. The van der Waals surface area contributed by atoms with Gasteiger partial charge in [-0.2, -0.15) is 4.98 Å². The molecule has 0 spiro atoms. The van der Waals surface area contributed by atoms with Gasteiger partial charge < -0.3 is 5.73 Å². The van der Waals surface area contributed by atoms with E-state index in [1.807, 2.05) is 0 Å². The quantitative estimate of drug-likeness (QED) is 0.526. The number of aromatic nitrogens is 3. The zero-order chi connectivity index (χ0) is 10.3. The highest BCUT2D eigenvalue weighted by molar-refractivity contribution is 5.51. The Balaban J connectivity index is 2.76. The number of fused-ring (bicyclic) bond motifs is 1. The summed E-state index contributed by atoms with van der Waals surface area (Å²) in [6.07, 6.45) is 1.30. The van der Waals surface area contributed by atoms with Gasteiger partial charge in [-0.1, -0.05) is 0 Å². The molecule has 0 amide bonds. The molecule has 0 saturated carbocycles. The number of nitrogens with zero attached hydrogens (tertiary/aromatic N) is 4.